The minimum Gasteiger partial charge on any atom is -0.481 e. The average molecular weight is 329 g/mol. The van der Waals surface area contributed by atoms with E-state index in [2.05, 4.69) is 27.8 Å². The zero-order valence-electron chi connectivity index (χ0n) is 13.3. The Morgan fingerprint density at radius 3 is 2.92 bits per heavy atom. The summed E-state index contributed by atoms with van der Waals surface area (Å²) in [5.41, 5.74) is 0.652. The van der Waals surface area contributed by atoms with Crippen molar-refractivity contribution in [1.29, 1.82) is 0 Å². The van der Waals surface area contributed by atoms with Crippen molar-refractivity contribution in [2.24, 2.45) is 0 Å². The molecule has 0 spiro atoms. The van der Waals surface area contributed by atoms with Crippen LogP contribution in [0.15, 0.2) is 24.3 Å². The van der Waals surface area contributed by atoms with Crippen molar-refractivity contribution in [1.82, 2.24) is 10.6 Å². The van der Waals surface area contributed by atoms with Crippen LogP contribution < -0.4 is 20.7 Å². The summed E-state index contributed by atoms with van der Waals surface area (Å²) < 4.78 is 5.45. The number of rotatable bonds is 5. The van der Waals surface area contributed by atoms with Crippen LogP contribution in [-0.2, 0) is 14.4 Å². The predicted octanol–water partition coefficient (Wildman–Crippen LogP) is 0.422. The molecule has 7 nitrogen and oxygen atoms in total. The molecule has 2 rings (SSSR count). The van der Waals surface area contributed by atoms with Gasteiger partial charge < -0.3 is 20.7 Å². The Kier molecular flexibility index (Phi) is 6.20. The quantitative estimate of drug-likeness (QED) is 0.682. The Morgan fingerprint density at radius 1 is 1.38 bits per heavy atom. The molecule has 1 aliphatic rings. The number of benzene rings is 1. The van der Waals surface area contributed by atoms with Crippen molar-refractivity contribution in [3.8, 4) is 17.6 Å². The second-order valence-corrected chi connectivity index (χ2v) is 5.23. The molecule has 7 heteroatoms. The fourth-order valence-corrected chi connectivity index (χ4v) is 2.17. The second kappa shape index (κ2) is 8.58. The van der Waals surface area contributed by atoms with Crippen molar-refractivity contribution in [2.75, 3.05) is 18.5 Å². The first-order chi connectivity index (χ1) is 11.5. The molecule has 1 saturated heterocycles. The molecule has 1 heterocycles. The van der Waals surface area contributed by atoms with Crippen LogP contribution in [0.5, 0.6) is 5.75 Å². The zero-order valence-corrected chi connectivity index (χ0v) is 13.3. The SMILES string of the molecule is CC(=O)Nc1cccc(OCC#CCNC(=O)C2CCC(=O)N2)c1. The third-order valence-electron chi connectivity index (χ3n) is 3.25. The van der Waals surface area contributed by atoms with E-state index in [1.54, 1.807) is 24.3 Å². The number of anilines is 1. The van der Waals surface area contributed by atoms with Gasteiger partial charge in [-0.15, -0.1) is 0 Å². The maximum Gasteiger partial charge on any atom is 0.243 e. The van der Waals surface area contributed by atoms with E-state index in [-0.39, 0.29) is 30.9 Å². The number of hydrogen-bond donors (Lipinski definition) is 3. The number of hydrogen-bond acceptors (Lipinski definition) is 4. The van der Waals surface area contributed by atoms with Gasteiger partial charge in [-0.2, -0.15) is 0 Å². The van der Waals surface area contributed by atoms with Gasteiger partial charge in [-0.05, 0) is 18.6 Å². The molecular weight excluding hydrogens is 310 g/mol. The van der Waals surface area contributed by atoms with Crippen LogP contribution in [0.3, 0.4) is 0 Å². The highest BCUT2D eigenvalue weighted by molar-refractivity contribution is 5.90. The lowest BCUT2D eigenvalue weighted by Crippen LogP contribution is -2.41. The van der Waals surface area contributed by atoms with Crippen molar-refractivity contribution in [3.63, 3.8) is 0 Å². The fraction of sp³-hybridized carbons (Fsp3) is 0.353. The Balaban J connectivity index is 1.69. The molecule has 0 bridgehead atoms. The summed E-state index contributed by atoms with van der Waals surface area (Å²) in [6.07, 6.45) is 0.904. The Morgan fingerprint density at radius 2 is 2.21 bits per heavy atom. The lowest BCUT2D eigenvalue weighted by Gasteiger charge is -2.08. The first-order valence-corrected chi connectivity index (χ1v) is 7.58. The number of ether oxygens (including phenoxy) is 1. The standard InChI is InChI=1S/C17H19N3O4/c1-12(21)19-13-5-4-6-14(11-13)24-10-3-2-9-18-17(23)15-7-8-16(22)20-15/h4-6,11,15H,7-10H2,1H3,(H,18,23)(H,19,21)(H,20,22). The van der Waals surface area contributed by atoms with Gasteiger partial charge >= 0.3 is 0 Å². The first-order valence-electron chi connectivity index (χ1n) is 7.58. The molecule has 1 unspecified atom stereocenters. The number of carbonyl (C=O) groups is 3. The summed E-state index contributed by atoms with van der Waals surface area (Å²) in [6.45, 7) is 1.80. The fourth-order valence-electron chi connectivity index (χ4n) is 2.17. The van der Waals surface area contributed by atoms with Gasteiger partial charge in [0.1, 0.15) is 18.4 Å². The summed E-state index contributed by atoms with van der Waals surface area (Å²) in [7, 11) is 0. The summed E-state index contributed by atoms with van der Waals surface area (Å²) in [6, 6.07) is 6.54. The molecule has 1 aliphatic heterocycles. The maximum atomic E-state index is 11.7. The van der Waals surface area contributed by atoms with Gasteiger partial charge in [-0.3, -0.25) is 14.4 Å². The van der Waals surface area contributed by atoms with E-state index in [0.717, 1.165) is 0 Å². The number of nitrogens with one attached hydrogen (secondary N) is 3. The highest BCUT2D eigenvalue weighted by atomic mass is 16.5. The van der Waals surface area contributed by atoms with Crippen LogP contribution in [0.25, 0.3) is 0 Å². The monoisotopic (exact) mass is 329 g/mol. The molecule has 1 aromatic rings. The molecule has 24 heavy (non-hydrogen) atoms. The Labute approximate surface area is 140 Å². The van der Waals surface area contributed by atoms with E-state index in [9.17, 15) is 14.4 Å². The van der Waals surface area contributed by atoms with E-state index < -0.39 is 6.04 Å². The van der Waals surface area contributed by atoms with Crippen LogP contribution in [0.2, 0.25) is 0 Å². The summed E-state index contributed by atoms with van der Waals surface area (Å²) in [5.74, 6) is 5.68. The van der Waals surface area contributed by atoms with Crippen molar-refractivity contribution < 1.29 is 19.1 Å². The number of carbonyl (C=O) groups excluding carboxylic acids is 3. The molecule has 1 aromatic carbocycles. The predicted molar refractivity (Wildman–Crippen MR) is 88.2 cm³/mol. The average Bonchev–Trinajstić information content (AvgIpc) is 2.97. The van der Waals surface area contributed by atoms with E-state index in [1.165, 1.54) is 6.92 Å². The molecule has 1 fully saturated rings. The van der Waals surface area contributed by atoms with Crippen molar-refractivity contribution in [2.45, 2.75) is 25.8 Å². The Bertz CT molecular complexity index is 691. The molecule has 3 N–H and O–H groups in total. The minimum absolute atomic E-state index is 0.101. The topological polar surface area (TPSA) is 96.5 Å². The van der Waals surface area contributed by atoms with Crippen LogP contribution in [0.1, 0.15) is 19.8 Å². The molecule has 3 amide bonds. The molecule has 0 radical (unpaired) electrons. The van der Waals surface area contributed by atoms with Gasteiger partial charge in [0.05, 0.1) is 6.54 Å². The largest absolute Gasteiger partial charge is 0.481 e. The summed E-state index contributed by atoms with van der Waals surface area (Å²) in [5, 5.41) is 7.90. The van der Waals surface area contributed by atoms with Crippen LogP contribution in [0, 0.1) is 11.8 Å². The van der Waals surface area contributed by atoms with Gasteiger partial charge in [0.15, 0.2) is 0 Å². The summed E-state index contributed by atoms with van der Waals surface area (Å²) in [4.78, 5) is 33.7. The molecule has 126 valence electrons. The van der Waals surface area contributed by atoms with Crippen molar-refractivity contribution >= 4 is 23.4 Å². The van der Waals surface area contributed by atoms with Crippen LogP contribution in [-0.4, -0.2) is 36.9 Å². The zero-order chi connectivity index (χ0) is 17.4. The van der Waals surface area contributed by atoms with E-state index in [4.69, 9.17) is 4.74 Å². The smallest absolute Gasteiger partial charge is 0.243 e. The van der Waals surface area contributed by atoms with Crippen LogP contribution >= 0.6 is 0 Å². The van der Waals surface area contributed by atoms with Gasteiger partial charge in [-0.25, -0.2) is 0 Å². The van der Waals surface area contributed by atoms with E-state index in [0.29, 0.717) is 24.3 Å². The van der Waals surface area contributed by atoms with Gasteiger partial charge in [-0.1, -0.05) is 17.9 Å². The van der Waals surface area contributed by atoms with Crippen LogP contribution in [0.4, 0.5) is 5.69 Å². The highest BCUT2D eigenvalue weighted by Crippen LogP contribution is 2.16. The second-order valence-electron chi connectivity index (χ2n) is 5.23. The van der Waals surface area contributed by atoms with E-state index in [1.807, 2.05) is 0 Å². The number of amides is 3. The molecule has 0 aliphatic carbocycles. The highest BCUT2D eigenvalue weighted by Gasteiger charge is 2.26. The minimum atomic E-state index is -0.452. The lowest BCUT2D eigenvalue weighted by molar-refractivity contribution is -0.125. The summed E-state index contributed by atoms with van der Waals surface area (Å²) >= 11 is 0. The maximum absolute atomic E-state index is 11.7. The van der Waals surface area contributed by atoms with E-state index >= 15 is 0 Å². The first kappa shape index (κ1) is 17.3. The van der Waals surface area contributed by atoms with Crippen molar-refractivity contribution in [3.05, 3.63) is 24.3 Å². The van der Waals surface area contributed by atoms with Gasteiger partial charge in [0.25, 0.3) is 0 Å². The van der Waals surface area contributed by atoms with Gasteiger partial charge in [0, 0.05) is 25.1 Å². The third kappa shape index (κ3) is 5.65. The lowest BCUT2D eigenvalue weighted by atomic mass is 10.2. The molecular formula is C17H19N3O4. The third-order valence-corrected chi connectivity index (χ3v) is 3.25. The molecule has 0 saturated carbocycles. The van der Waals surface area contributed by atoms with Gasteiger partial charge in [0.2, 0.25) is 17.7 Å². The molecule has 0 aromatic heterocycles. The Hall–Kier alpha value is -3.01. The normalized spacial score (nSPS) is 15.7. The molecule has 1 atom stereocenters.